The van der Waals surface area contributed by atoms with Crippen molar-refractivity contribution in [3.8, 4) is 17.0 Å². The van der Waals surface area contributed by atoms with Crippen LogP contribution in [0.5, 0.6) is 5.75 Å². The number of carbonyl (C=O) groups is 1. The molecule has 0 atom stereocenters. The second-order valence-corrected chi connectivity index (χ2v) is 8.86. The van der Waals surface area contributed by atoms with Gasteiger partial charge in [-0.1, -0.05) is 23.8 Å². The summed E-state index contributed by atoms with van der Waals surface area (Å²) in [5.41, 5.74) is 3.40. The summed E-state index contributed by atoms with van der Waals surface area (Å²) >= 11 is 1.36. The highest BCUT2D eigenvalue weighted by Crippen LogP contribution is 2.31. The summed E-state index contributed by atoms with van der Waals surface area (Å²) in [6, 6.07) is 10.6. The Bertz CT molecular complexity index is 1440. The third-order valence-corrected chi connectivity index (χ3v) is 5.89. The standard InChI is InChI=1S/C23H19F3N4O3S/c1-12-4-9-17(13(2)10-12)19-21-20(27-14(3)34-21)22(32)30(29-19)11-18(31)28-15-5-7-16(8-6-15)33-23(24,25)26/h4-10H,11H2,1-3H3,(H,28,31). The monoisotopic (exact) mass is 488 g/mol. The quantitative estimate of drug-likeness (QED) is 0.428. The highest BCUT2D eigenvalue weighted by molar-refractivity contribution is 7.19. The minimum Gasteiger partial charge on any atom is -0.406 e. The number of amides is 1. The zero-order chi connectivity index (χ0) is 24.6. The van der Waals surface area contributed by atoms with E-state index >= 15 is 0 Å². The first kappa shape index (κ1) is 23.4. The predicted octanol–water partition coefficient (Wildman–Crippen LogP) is 4.98. The Balaban J connectivity index is 1.64. The summed E-state index contributed by atoms with van der Waals surface area (Å²) in [4.78, 5) is 29.9. The first-order valence-corrected chi connectivity index (χ1v) is 10.9. The molecular weight excluding hydrogens is 469 g/mol. The molecule has 0 radical (unpaired) electrons. The molecule has 1 N–H and O–H groups in total. The topological polar surface area (TPSA) is 86.1 Å². The van der Waals surface area contributed by atoms with Crippen LogP contribution in [-0.4, -0.2) is 27.0 Å². The number of nitrogens with zero attached hydrogens (tertiary/aromatic N) is 3. The normalized spacial score (nSPS) is 11.6. The number of thiazole rings is 1. The molecule has 2 aromatic heterocycles. The zero-order valence-electron chi connectivity index (χ0n) is 18.4. The van der Waals surface area contributed by atoms with Crippen molar-refractivity contribution in [1.29, 1.82) is 0 Å². The van der Waals surface area contributed by atoms with E-state index < -0.39 is 30.1 Å². The van der Waals surface area contributed by atoms with E-state index in [1.807, 2.05) is 32.0 Å². The van der Waals surface area contributed by atoms with Crippen LogP contribution in [0.25, 0.3) is 21.5 Å². The lowest BCUT2D eigenvalue weighted by Crippen LogP contribution is -2.30. The van der Waals surface area contributed by atoms with Gasteiger partial charge in [-0.25, -0.2) is 9.67 Å². The van der Waals surface area contributed by atoms with Gasteiger partial charge in [-0.05, 0) is 50.6 Å². The van der Waals surface area contributed by atoms with Gasteiger partial charge in [-0.15, -0.1) is 24.5 Å². The predicted molar refractivity (Wildman–Crippen MR) is 123 cm³/mol. The van der Waals surface area contributed by atoms with Crippen LogP contribution in [0.15, 0.2) is 47.3 Å². The molecule has 34 heavy (non-hydrogen) atoms. The van der Waals surface area contributed by atoms with Gasteiger partial charge in [0.2, 0.25) is 5.91 Å². The number of fused-ring (bicyclic) bond motifs is 1. The van der Waals surface area contributed by atoms with Gasteiger partial charge in [-0.3, -0.25) is 9.59 Å². The number of hydrogen-bond acceptors (Lipinski definition) is 6. The van der Waals surface area contributed by atoms with Crippen molar-refractivity contribution in [2.24, 2.45) is 0 Å². The van der Waals surface area contributed by atoms with E-state index in [0.29, 0.717) is 15.4 Å². The maximum Gasteiger partial charge on any atom is 0.573 e. The molecule has 0 aliphatic carbocycles. The molecule has 11 heteroatoms. The number of carbonyl (C=O) groups excluding carboxylic acids is 1. The highest BCUT2D eigenvalue weighted by atomic mass is 32.1. The molecule has 0 fully saturated rings. The third-order valence-electron chi connectivity index (χ3n) is 4.91. The number of rotatable bonds is 5. The Hall–Kier alpha value is -3.73. The molecule has 4 rings (SSSR count). The zero-order valence-corrected chi connectivity index (χ0v) is 19.2. The van der Waals surface area contributed by atoms with Crippen molar-refractivity contribution in [3.05, 3.63) is 69.0 Å². The number of halogens is 3. The van der Waals surface area contributed by atoms with Gasteiger partial charge in [0.15, 0.2) is 5.52 Å². The Morgan fingerprint density at radius 3 is 2.47 bits per heavy atom. The molecule has 0 saturated carbocycles. The fourth-order valence-electron chi connectivity index (χ4n) is 3.51. The third kappa shape index (κ3) is 5.09. The van der Waals surface area contributed by atoms with Crippen LogP contribution in [0.1, 0.15) is 16.1 Å². The molecule has 0 bridgehead atoms. The van der Waals surface area contributed by atoms with Crippen molar-refractivity contribution >= 4 is 33.1 Å². The number of aromatic nitrogens is 3. The van der Waals surface area contributed by atoms with Crippen molar-refractivity contribution in [2.75, 3.05) is 5.32 Å². The number of alkyl halides is 3. The maximum absolute atomic E-state index is 13.0. The average molecular weight is 488 g/mol. The average Bonchev–Trinajstić information content (AvgIpc) is 3.13. The number of ether oxygens (including phenoxy) is 1. The van der Waals surface area contributed by atoms with E-state index in [1.54, 1.807) is 6.92 Å². The first-order chi connectivity index (χ1) is 16.0. The SMILES string of the molecule is Cc1ccc(-c2nn(CC(=O)Nc3ccc(OC(F)(F)F)cc3)c(=O)c3nc(C)sc23)c(C)c1. The second-order valence-electron chi connectivity index (χ2n) is 7.66. The smallest absolute Gasteiger partial charge is 0.406 e. The van der Waals surface area contributed by atoms with Crippen molar-refractivity contribution in [3.63, 3.8) is 0 Å². The lowest BCUT2D eigenvalue weighted by molar-refractivity contribution is -0.274. The van der Waals surface area contributed by atoms with Gasteiger partial charge < -0.3 is 10.1 Å². The van der Waals surface area contributed by atoms with Crippen LogP contribution in [0.2, 0.25) is 0 Å². The van der Waals surface area contributed by atoms with E-state index in [4.69, 9.17) is 0 Å². The maximum atomic E-state index is 13.0. The largest absolute Gasteiger partial charge is 0.573 e. The van der Waals surface area contributed by atoms with Crippen molar-refractivity contribution in [2.45, 2.75) is 33.7 Å². The number of benzene rings is 2. The van der Waals surface area contributed by atoms with E-state index in [-0.39, 0.29) is 11.2 Å². The highest BCUT2D eigenvalue weighted by Gasteiger charge is 2.31. The van der Waals surface area contributed by atoms with E-state index in [2.05, 4.69) is 20.1 Å². The fraction of sp³-hybridized carbons (Fsp3) is 0.217. The minimum absolute atomic E-state index is 0.230. The van der Waals surface area contributed by atoms with Gasteiger partial charge in [0.05, 0.1) is 9.71 Å². The lowest BCUT2D eigenvalue weighted by atomic mass is 10.0. The molecule has 4 aromatic rings. The molecule has 0 aliphatic heterocycles. The van der Waals surface area contributed by atoms with Crippen LogP contribution in [0.3, 0.4) is 0 Å². The summed E-state index contributed by atoms with van der Waals surface area (Å²) in [6.07, 6.45) is -4.81. The van der Waals surface area contributed by atoms with Gasteiger partial charge in [0, 0.05) is 11.3 Å². The van der Waals surface area contributed by atoms with E-state index in [0.717, 1.165) is 33.5 Å². The van der Waals surface area contributed by atoms with Crippen LogP contribution in [0, 0.1) is 20.8 Å². The Morgan fingerprint density at radius 1 is 1.12 bits per heavy atom. The molecule has 1 amide bonds. The Kier molecular flexibility index (Phi) is 6.13. The van der Waals surface area contributed by atoms with Gasteiger partial charge in [-0.2, -0.15) is 5.10 Å². The lowest BCUT2D eigenvalue weighted by Gasteiger charge is -2.12. The van der Waals surface area contributed by atoms with Gasteiger partial charge in [0.25, 0.3) is 5.56 Å². The second kappa shape index (κ2) is 8.90. The molecule has 0 saturated heterocycles. The summed E-state index contributed by atoms with van der Waals surface area (Å²) in [6.45, 7) is 5.31. The van der Waals surface area contributed by atoms with E-state index in [9.17, 15) is 22.8 Å². The fourth-order valence-corrected chi connectivity index (χ4v) is 4.41. The summed E-state index contributed by atoms with van der Waals surface area (Å²) in [5, 5.41) is 7.72. The summed E-state index contributed by atoms with van der Waals surface area (Å²) in [5.74, 6) is -0.984. The molecule has 0 unspecified atom stereocenters. The van der Waals surface area contributed by atoms with E-state index in [1.165, 1.54) is 23.5 Å². The number of nitrogens with one attached hydrogen (secondary N) is 1. The number of aryl methyl sites for hydroxylation is 3. The number of hydrogen-bond donors (Lipinski definition) is 1. The first-order valence-electron chi connectivity index (χ1n) is 10.1. The minimum atomic E-state index is -4.81. The molecule has 0 spiro atoms. The van der Waals surface area contributed by atoms with Gasteiger partial charge in [0.1, 0.15) is 18.0 Å². The number of anilines is 1. The van der Waals surface area contributed by atoms with Crippen LogP contribution in [-0.2, 0) is 11.3 Å². The summed E-state index contributed by atoms with van der Waals surface area (Å²) in [7, 11) is 0. The molecule has 7 nitrogen and oxygen atoms in total. The molecule has 2 aromatic carbocycles. The van der Waals surface area contributed by atoms with Crippen LogP contribution < -0.4 is 15.6 Å². The molecule has 2 heterocycles. The Labute approximate surface area is 195 Å². The Morgan fingerprint density at radius 2 is 1.82 bits per heavy atom. The van der Waals surface area contributed by atoms with Crippen LogP contribution in [0.4, 0.5) is 18.9 Å². The molecule has 176 valence electrons. The molecule has 0 aliphatic rings. The van der Waals surface area contributed by atoms with Gasteiger partial charge >= 0.3 is 6.36 Å². The molecular formula is C23H19F3N4O3S. The van der Waals surface area contributed by atoms with Crippen molar-refractivity contribution < 1.29 is 22.7 Å². The van der Waals surface area contributed by atoms with Crippen molar-refractivity contribution in [1.82, 2.24) is 14.8 Å². The summed E-state index contributed by atoms with van der Waals surface area (Å²) < 4.78 is 42.4. The van der Waals surface area contributed by atoms with Crippen LogP contribution >= 0.6 is 11.3 Å².